The van der Waals surface area contributed by atoms with E-state index >= 15 is 0 Å². The molecule has 5 heteroatoms. The summed E-state index contributed by atoms with van der Waals surface area (Å²) in [4.78, 5) is 12.8. The number of nitro benzene ring substituents is 1. The fourth-order valence-electron chi connectivity index (χ4n) is 2.67. The molecule has 0 aliphatic heterocycles. The largest absolute Gasteiger partial charge is 0.497 e. The normalized spacial score (nSPS) is 12.2. The lowest BCUT2D eigenvalue weighted by Gasteiger charge is -2.25. The molecule has 5 nitrogen and oxygen atoms in total. The van der Waals surface area contributed by atoms with Gasteiger partial charge in [0.25, 0.3) is 5.69 Å². The van der Waals surface area contributed by atoms with Crippen LogP contribution in [0.2, 0.25) is 0 Å². The number of non-ortho nitro benzene ring substituents is 1. The topological polar surface area (TPSA) is 55.6 Å². The minimum atomic E-state index is -0.347. The first-order chi connectivity index (χ1) is 11.5. The molecule has 0 amide bonds. The number of hydrogen-bond donors (Lipinski definition) is 0. The van der Waals surface area contributed by atoms with E-state index in [9.17, 15) is 10.1 Å². The van der Waals surface area contributed by atoms with Gasteiger partial charge in [0.2, 0.25) is 0 Å². The van der Waals surface area contributed by atoms with Gasteiger partial charge >= 0.3 is 0 Å². The Morgan fingerprint density at radius 1 is 1.21 bits per heavy atom. The van der Waals surface area contributed by atoms with Crippen LogP contribution < -0.4 is 4.74 Å². The molecule has 128 valence electrons. The van der Waals surface area contributed by atoms with Gasteiger partial charge in [0.05, 0.1) is 12.0 Å². The number of nitro groups is 1. The molecule has 0 fully saturated rings. The Labute approximate surface area is 143 Å². The fraction of sp³-hybridized carbons (Fsp3) is 0.368. The van der Waals surface area contributed by atoms with Crippen molar-refractivity contribution in [2.24, 2.45) is 0 Å². The SMILES string of the molecule is COc1ccc(CCCN(C)C(C)c2cccc([N+](=O)[O-])c2)cc1. The standard InChI is InChI=1S/C19H24N2O3/c1-15(17-7-4-8-18(14-17)21(22)23)20(2)13-5-6-16-9-11-19(24-3)12-10-16/h4,7-12,14-15H,5-6,13H2,1-3H3. The first-order valence-electron chi connectivity index (χ1n) is 8.09. The third kappa shape index (κ3) is 4.80. The molecule has 0 saturated heterocycles. The van der Waals surface area contributed by atoms with Crippen molar-refractivity contribution in [3.8, 4) is 5.75 Å². The maximum Gasteiger partial charge on any atom is 0.269 e. The molecule has 0 spiro atoms. The van der Waals surface area contributed by atoms with Gasteiger partial charge in [-0.15, -0.1) is 0 Å². The lowest BCUT2D eigenvalue weighted by atomic mass is 10.1. The molecule has 1 atom stereocenters. The van der Waals surface area contributed by atoms with Crippen LogP contribution >= 0.6 is 0 Å². The van der Waals surface area contributed by atoms with Crippen molar-refractivity contribution in [1.29, 1.82) is 0 Å². The van der Waals surface area contributed by atoms with Gasteiger partial charge in [0.1, 0.15) is 5.75 Å². The van der Waals surface area contributed by atoms with Gasteiger partial charge in [0, 0.05) is 18.2 Å². The summed E-state index contributed by atoms with van der Waals surface area (Å²) in [6.07, 6.45) is 2.03. The summed E-state index contributed by atoms with van der Waals surface area (Å²) < 4.78 is 5.16. The van der Waals surface area contributed by atoms with E-state index < -0.39 is 0 Å². The number of ether oxygens (including phenoxy) is 1. The van der Waals surface area contributed by atoms with Crippen LogP contribution in [0.25, 0.3) is 0 Å². The van der Waals surface area contributed by atoms with Crippen LogP contribution in [0.4, 0.5) is 5.69 Å². The average molecular weight is 328 g/mol. The van der Waals surface area contributed by atoms with E-state index in [1.807, 2.05) is 18.2 Å². The highest BCUT2D eigenvalue weighted by Crippen LogP contribution is 2.23. The van der Waals surface area contributed by atoms with Crippen LogP contribution in [0.15, 0.2) is 48.5 Å². The van der Waals surface area contributed by atoms with Gasteiger partial charge in [-0.3, -0.25) is 15.0 Å². The van der Waals surface area contributed by atoms with E-state index in [0.29, 0.717) is 0 Å². The fourth-order valence-corrected chi connectivity index (χ4v) is 2.67. The zero-order valence-corrected chi connectivity index (χ0v) is 14.4. The van der Waals surface area contributed by atoms with Gasteiger partial charge in [0.15, 0.2) is 0 Å². The van der Waals surface area contributed by atoms with Crippen LogP contribution in [-0.2, 0) is 6.42 Å². The number of hydrogen-bond acceptors (Lipinski definition) is 4. The summed E-state index contributed by atoms with van der Waals surface area (Å²) in [6, 6.07) is 15.1. The van der Waals surface area contributed by atoms with Gasteiger partial charge in [-0.1, -0.05) is 24.3 Å². The Morgan fingerprint density at radius 2 is 1.92 bits per heavy atom. The van der Waals surface area contributed by atoms with Gasteiger partial charge in [-0.2, -0.15) is 0 Å². The monoisotopic (exact) mass is 328 g/mol. The van der Waals surface area contributed by atoms with Crippen molar-refractivity contribution < 1.29 is 9.66 Å². The highest BCUT2D eigenvalue weighted by molar-refractivity contribution is 5.35. The van der Waals surface area contributed by atoms with E-state index in [1.54, 1.807) is 19.2 Å². The van der Waals surface area contributed by atoms with E-state index in [0.717, 1.165) is 30.7 Å². The van der Waals surface area contributed by atoms with Crippen molar-refractivity contribution in [3.05, 3.63) is 69.8 Å². The lowest BCUT2D eigenvalue weighted by Crippen LogP contribution is -2.24. The Bertz CT molecular complexity index is 671. The van der Waals surface area contributed by atoms with Crippen molar-refractivity contribution in [1.82, 2.24) is 4.90 Å². The Morgan fingerprint density at radius 3 is 2.54 bits per heavy atom. The third-order valence-corrected chi connectivity index (χ3v) is 4.36. The van der Waals surface area contributed by atoms with Crippen molar-refractivity contribution in [2.45, 2.75) is 25.8 Å². The smallest absolute Gasteiger partial charge is 0.269 e. The molecule has 0 aliphatic carbocycles. The molecule has 0 bridgehead atoms. The second kappa shape index (κ2) is 8.45. The molecular weight excluding hydrogens is 304 g/mol. The first-order valence-corrected chi connectivity index (χ1v) is 8.09. The first kappa shape index (κ1) is 17.9. The number of aryl methyl sites for hydroxylation is 1. The quantitative estimate of drug-likeness (QED) is 0.537. The number of nitrogens with zero attached hydrogens (tertiary/aromatic N) is 2. The number of methoxy groups -OCH3 is 1. The summed E-state index contributed by atoms with van der Waals surface area (Å²) in [5, 5.41) is 10.9. The molecule has 0 aromatic heterocycles. The Balaban J connectivity index is 1.88. The van der Waals surface area contributed by atoms with Crippen LogP contribution in [0, 0.1) is 10.1 Å². The predicted molar refractivity (Wildman–Crippen MR) is 95.5 cm³/mol. The van der Waals surface area contributed by atoms with Crippen LogP contribution in [0.5, 0.6) is 5.75 Å². The minimum absolute atomic E-state index is 0.140. The minimum Gasteiger partial charge on any atom is -0.497 e. The molecule has 0 radical (unpaired) electrons. The van der Waals surface area contributed by atoms with Crippen molar-refractivity contribution >= 4 is 5.69 Å². The lowest BCUT2D eigenvalue weighted by molar-refractivity contribution is -0.384. The number of benzene rings is 2. The highest BCUT2D eigenvalue weighted by atomic mass is 16.6. The summed E-state index contributed by atoms with van der Waals surface area (Å²) in [7, 11) is 3.72. The predicted octanol–water partition coefficient (Wildman–Crippen LogP) is 4.23. The summed E-state index contributed by atoms with van der Waals surface area (Å²) in [5.74, 6) is 0.871. The molecule has 2 aromatic carbocycles. The number of rotatable bonds is 8. The molecule has 2 rings (SSSR count). The summed E-state index contributed by atoms with van der Waals surface area (Å²) >= 11 is 0. The van der Waals surface area contributed by atoms with E-state index in [4.69, 9.17) is 4.74 Å². The summed E-state index contributed by atoms with van der Waals surface area (Å²) in [5.41, 5.74) is 2.40. The van der Waals surface area contributed by atoms with E-state index in [2.05, 4.69) is 31.0 Å². The van der Waals surface area contributed by atoms with E-state index in [-0.39, 0.29) is 16.7 Å². The summed E-state index contributed by atoms with van der Waals surface area (Å²) in [6.45, 7) is 3.00. The Hall–Kier alpha value is -2.40. The second-order valence-electron chi connectivity index (χ2n) is 5.96. The zero-order valence-electron chi connectivity index (χ0n) is 14.4. The molecule has 0 N–H and O–H groups in total. The maximum absolute atomic E-state index is 10.9. The van der Waals surface area contributed by atoms with Crippen LogP contribution in [-0.4, -0.2) is 30.5 Å². The molecule has 1 unspecified atom stereocenters. The second-order valence-corrected chi connectivity index (χ2v) is 5.96. The maximum atomic E-state index is 10.9. The third-order valence-electron chi connectivity index (χ3n) is 4.36. The van der Waals surface area contributed by atoms with Crippen molar-refractivity contribution in [2.75, 3.05) is 20.7 Å². The average Bonchev–Trinajstić information content (AvgIpc) is 2.61. The zero-order chi connectivity index (χ0) is 17.5. The molecule has 0 saturated carbocycles. The molecule has 2 aromatic rings. The van der Waals surface area contributed by atoms with Gasteiger partial charge in [-0.25, -0.2) is 0 Å². The molecule has 0 heterocycles. The van der Waals surface area contributed by atoms with Crippen LogP contribution in [0.1, 0.15) is 30.5 Å². The van der Waals surface area contributed by atoms with Gasteiger partial charge in [-0.05, 0) is 56.6 Å². The molecular formula is C19H24N2O3. The Kier molecular flexibility index (Phi) is 6.32. The van der Waals surface area contributed by atoms with Crippen molar-refractivity contribution in [3.63, 3.8) is 0 Å². The van der Waals surface area contributed by atoms with E-state index in [1.165, 1.54) is 11.6 Å². The highest BCUT2D eigenvalue weighted by Gasteiger charge is 2.14. The molecule has 24 heavy (non-hydrogen) atoms. The van der Waals surface area contributed by atoms with Crippen LogP contribution in [0.3, 0.4) is 0 Å². The van der Waals surface area contributed by atoms with Gasteiger partial charge < -0.3 is 4.74 Å². The molecule has 0 aliphatic rings.